The Morgan fingerprint density at radius 1 is 1.19 bits per heavy atom. The predicted molar refractivity (Wildman–Crippen MR) is 81.4 cm³/mol. The zero-order chi connectivity index (χ0) is 15.2. The molecule has 1 N–H and O–H groups in total. The second kappa shape index (κ2) is 7.13. The average molecular weight is 352 g/mol. The normalized spacial score (nSPS) is 10.8. The van der Waals surface area contributed by atoms with Gasteiger partial charge in [0.25, 0.3) is 0 Å². The van der Waals surface area contributed by atoms with E-state index in [0.29, 0.717) is 15.6 Å². The van der Waals surface area contributed by atoms with Crippen molar-refractivity contribution in [3.05, 3.63) is 75.8 Å². The molecule has 0 unspecified atom stereocenters. The van der Waals surface area contributed by atoms with Crippen molar-refractivity contribution in [3.63, 3.8) is 0 Å². The molecule has 0 aromatic heterocycles. The summed E-state index contributed by atoms with van der Waals surface area (Å²) < 4.78 is 27.1. The Hall–Kier alpha value is -2.01. The summed E-state index contributed by atoms with van der Waals surface area (Å²) in [6.07, 6.45) is 2.64. The molecule has 1 amide bonds. The summed E-state index contributed by atoms with van der Waals surface area (Å²) in [7, 11) is 0. The van der Waals surface area contributed by atoms with Crippen LogP contribution in [0.3, 0.4) is 0 Å². The Kier molecular flexibility index (Phi) is 5.22. The molecule has 0 fully saturated rings. The number of halogens is 3. The molecule has 2 nitrogen and oxygen atoms in total. The minimum atomic E-state index is -0.393. The van der Waals surface area contributed by atoms with Crippen LogP contribution in [0.25, 0.3) is 6.08 Å². The highest BCUT2D eigenvalue weighted by atomic mass is 79.9. The minimum Gasteiger partial charge on any atom is -0.348 e. The van der Waals surface area contributed by atoms with Crippen molar-refractivity contribution in [1.29, 1.82) is 0 Å². The maximum absolute atomic E-state index is 13.3. The van der Waals surface area contributed by atoms with Gasteiger partial charge in [-0.3, -0.25) is 4.79 Å². The molecule has 2 aromatic rings. The number of carbonyl (C=O) groups is 1. The van der Waals surface area contributed by atoms with Gasteiger partial charge in [-0.2, -0.15) is 0 Å². The van der Waals surface area contributed by atoms with Crippen LogP contribution in [0.5, 0.6) is 0 Å². The van der Waals surface area contributed by atoms with Gasteiger partial charge in [0, 0.05) is 22.7 Å². The van der Waals surface area contributed by atoms with Gasteiger partial charge in [-0.25, -0.2) is 8.78 Å². The van der Waals surface area contributed by atoms with Crippen molar-refractivity contribution in [3.8, 4) is 0 Å². The molecular weight excluding hydrogens is 340 g/mol. The van der Waals surface area contributed by atoms with Gasteiger partial charge in [0.15, 0.2) is 0 Å². The van der Waals surface area contributed by atoms with E-state index < -0.39 is 5.82 Å². The quantitative estimate of drug-likeness (QED) is 0.827. The third kappa shape index (κ3) is 4.79. The molecule has 108 valence electrons. The molecule has 2 rings (SSSR count). The van der Waals surface area contributed by atoms with Crippen LogP contribution in [0.15, 0.2) is 53.0 Å². The third-order valence-corrected chi connectivity index (χ3v) is 3.17. The number of nitrogens with one attached hydrogen (secondary N) is 1. The highest BCUT2D eigenvalue weighted by Crippen LogP contribution is 2.14. The number of hydrogen-bond donors (Lipinski definition) is 1. The number of amides is 1. The lowest BCUT2D eigenvalue weighted by atomic mass is 10.2. The summed E-state index contributed by atoms with van der Waals surface area (Å²) in [5.74, 6) is -1.15. The van der Waals surface area contributed by atoms with E-state index >= 15 is 0 Å². The molecule has 0 bridgehead atoms. The highest BCUT2D eigenvalue weighted by molar-refractivity contribution is 9.10. The zero-order valence-electron chi connectivity index (χ0n) is 10.9. The molecule has 0 saturated heterocycles. The van der Waals surface area contributed by atoms with Gasteiger partial charge >= 0.3 is 0 Å². The van der Waals surface area contributed by atoms with Gasteiger partial charge in [-0.1, -0.05) is 34.1 Å². The number of hydrogen-bond acceptors (Lipinski definition) is 1. The van der Waals surface area contributed by atoms with E-state index in [1.54, 1.807) is 24.3 Å². The molecule has 5 heteroatoms. The lowest BCUT2D eigenvalue weighted by molar-refractivity contribution is -0.116. The Balaban J connectivity index is 1.95. The Labute approximate surface area is 129 Å². The SMILES string of the molecule is O=C(/C=C/c1ccccc1F)NCc1cc(F)cc(Br)c1. The number of rotatable bonds is 4. The largest absolute Gasteiger partial charge is 0.348 e. The summed E-state index contributed by atoms with van der Waals surface area (Å²) in [4.78, 5) is 11.6. The average Bonchev–Trinajstić information content (AvgIpc) is 2.43. The molecule has 0 atom stereocenters. The van der Waals surface area contributed by atoms with E-state index in [1.165, 1.54) is 30.4 Å². The van der Waals surface area contributed by atoms with E-state index in [0.717, 1.165) is 0 Å². The first-order valence-electron chi connectivity index (χ1n) is 6.20. The standard InChI is InChI=1S/C16H12BrF2NO/c17-13-7-11(8-14(18)9-13)10-20-16(21)6-5-12-3-1-2-4-15(12)19/h1-9H,10H2,(H,20,21)/b6-5+. The summed E-state index contributed by atoms with van der Waals surface area (Å²) in [5, 5.41) is 2.61. The number of carbonyl (C=O) groups excluding carboxylic acids is 1. The molecule has 0 heterocycles. The second-order valence-electron chi connectivity index (χ2n) is 4.35. The van der Waals surface area contributed by atoms with Crippen LogP contribution in [0.2, 0.25) is 0 Å². The Morgan fingerprint density at radius 2 is 1.95 bits per heavy atom. The minimum absolute atomic E-state index is 0.191. The fraction of sp³-hybridized carbons (Fsp3) is 0.0625. The van der Waals surface area contributed by atoms with Gasteiger partial charge in [0.1, 0.15) is 11.6 Å². The molecule has 0 aliphatic heterocycles. The molecule has 0 radical (unpaired) electrons. The lowest BCUT2D eigenvalue weighted by Crippen LogP contribution is -2.20. The molecule has 2 aromatic carbocycles. The van der Waals surface area contributed by atoms with E-state index in [2.05, 4.69) is 21.2 Å². The maximum atomic E-state index is 13.3. The van der Waals surface area contributed by atoms with Crippen LogP contribution in [0.1, 0.15) is 11.1 Å². The first-order valence-corrected chi connectivity index (χ1v) is 6.99. The van der Waals surface area contributed by atoms with Crippen molar-refractivity contribution in [2.24, 2.45) is 0 Å². The summed E-state index contributed by atoms with van der Waals surface area (Å²) in [5.41, 5.74) is 0.968. The smallest absolute Gasteiger partial charge is 0.244 e. The van der Waals surface area contributed by atoms with Crippen LogP contribution < -0.4 is 5.32 Å². The maximum Gasteiger partial charge on any atom is 0.244 e. The molecule has 0 spiro atoms. The van der Waals surface area contributed by atoms with Crippen LogP contribution in [-0.4, -0.2) is 5.91 Å². The monoisotopic (exact) mass is 351 g/mol. The van der Waals surface area contributed by atoms with Gasteiger partial charge in [-0.05, 0) is 35.9 Å². The van der Waals surface area contributed by atoms with Gasteiger partial charge in [-0.15, -0.1) is 0 Å². The van der Waals surface area contributed by atoms with Gasteiger partial charge < -0.3 is 5.32 Å². The second-order valence-corrected chi connectivity index (χ2v) is 5.27. The van der Waals surface area contributed by atoms with Crippen molar-refractivity contribution >= 4 is 27.9 Å². The fourth-order valence-electron chi connectivity index (χ4n) is 1.74. The lowest BCUT2D eigenvalue weighted by Gasteiger charge is -2.04. The Bertz CT molecular complexity index is 665. The van der Waals surface area contributed by atoms with Crippen LogP contribution >= 0.6 is 15.9 Å². The van der Waals surface area contributed by atoms with Crippen molar-refractivity contribution in [2.75, 3.05) is 0 Å². The van der Waals surface area contributed by atoms with E-state index in [4.69, 9.17) is 0 Å². The molecule has 0 aliphatic carbocycles. The van der Waals surface area contributed by atoms with Crippen molar-refractivity contribution in [1.82, 2.24) is 5.32 Å². The van der Waals surface area contributed by atoms with Crippen molar-refractivity contribution in [2.45, 2.75) is 6.54 Å². The topological polar surface area (TPSA) is 29.1 Å². The summed E-state index contributed by atoms with van der Waals surface area (Å²) >= 11 is 3.18. The summed E-state index contributed by atoms with van der Waals surface area (Å²) in [6.45, 7) is 0.191. The first kappa shape index (κ1) is 15.4. The molecule has 0 aliphatic rings. The summed E-state index contributed by atoms with van der Waals surface area (Å²) in [6, 6.07) is 10.5. The van der Waals surface area contributed by atoms with Crippen LogP contribution in [-0.2, 0) is 11.3 Å². The van der Waals surface area contributed by atoms with Gasteiger partial charge in [0.2, 0.25) is 5.91 Å². The molecule has 0 saturated carbocycles. The molecule has 21 heavy (non-hydrogen) atoms. The van der Waals surface area contributed by atoms with E-state index in [1.807, 2.05) is 0 Å². The van der Waals surface area contributed by atoms with Crippen LogP contribution in [0.4, 0.5) is 8.78 Å². The predicted octanol–water partition coefficient (Wildman–Crippen LogP) is 4.06. The van der Waals surface area contributed by atoms with Crippen LogP contribution in [0, 0.1) is 11.6 Å². The number of benzene rings is 2. The molecular formula is C16H12BrF2NO. The van der Waals surface area contributed by atoms with E-state index in [9.17, 15) is 13.6 Å². The van der Waals surface area contributed by atoms with E-state index in [-0.39, 0.29) is 18.3 Å². The zero-order valence-corrected chi connectivity index (χ0v) is 12.5. The highest BCUT2D eigenvalue weighted by Gasteiger charge is 2.02. The fourth-order valence-corrected chi connectivity index (χ4v) is 2.25. The van der Waals surface area contributed by atoms with Crippen molar-refractivity contribution < 1.29 is 13.6 Å². The first-order chi connectivity index (χ1) is 10.0. The van der Waals surface area contributed by atoms with Gasteiger partial charge in [0.05, 0.1) is 0 Å². The third-order valence-electron chi connectivity index (χ3n) is 2.71. The Morgan fingerprint density at radius 3 is 2.67 bits per heavy atom.